The number of hydrogen-bond acceptors (Lipinski definition) is 3. The second-order valence-corrected chi connectivity index (χ2v) is 8.48. The maximum atomic E-state index is 14.3. The number of carboxylic acid groups (broad SMARTS) is 1. The smallest absolute Gasteiger partial charge is 0.416 e. The second-order valence-electron chi connectivity index (χ2n) is 8.07. The average Bonchev–Trinajstić information content (AvgIpc) is 2.75. The van der Waals surface area contributed by atoms with E-state index in [9.17, 15) is 32.3 Å². The molecule has 2 N–H and O–H groups in total. The number of alkyl halides is 3. The molecule has 34 heavy (non-hydrogen) atoms. The lowest BCUT2D eigenvalue weighted by molar-refractivity contribution is -0.148. The predicted octanol–water partition coefficient (Wildman–Crippen LogP) is 5.97. The highest BCUT2D eigenvalue weighted by Crippen LogP contribution is 2.38. The van der Waals surface area contributed by atoms with Crippen LogP contribution in [0.5, 0.6) is 5.75 Å². The quantitative estimate of drug-likeness (QED) is 0.413. The van der Waals surface area contributed by atoms with Crippen molar-refractivity contribution in [2.24, 2.45) is 0 Å². The molecule has 1 amide bonds. The van der Waals surface area contributed by atoms with Crippen LogP contribution in [0.4, 0.5) is 17.6 Å². The zero-order chi connectivity index (χ0) is 24.7. The Labute approximate surface area is 196 Å². The van der Waals surface area contributed by atoms with Gasteiger partial charge in [0.15, 0.2) is 0 Å². The van der Waals surface area contributed by atoms with Gasteiger partial charge < -0.3 is 15.2 Å². The minimum absolute atomic E-state index is 0.0108. The molecule has 1 aliphatic rings. The van der Waals surface area contributed by atoms with Crippen molar-refractivity contribution >= 4 is 34.2 Å². The summed E-state index contributed by atoms with van der Waals surface area (Å²) in [5.74, 6) is -3.00. The lowest BCUT2D eigenvalue weighted by Crippen LogP contribution is -2.59. The summed E-state index contributed by atoms with van der Waals surface area (Å²) in [5.41, 5.74) is -2.75. The minimum Gasteiger partial charge on any atom is -0.487 e. The lowest BCUT2D eigenvalue weighted by Gasteiger charge is -2.38. The third kappa shape index (κ3) is 4.40. The van der Waals surface area contributed by atoms with E-state index in [0.717, 1.165) is 12.1 Å². The van der Waals surface area contributed by atoms with Crippen molar-refractivity contribution in [1.29, 1.82) is 0 Å². The highest BCUT2D eigenvalue weighted by molar-refractivity contribution is 6.36. The molecule has 0 aromatic heterocycles. The number of carbonyl (C=O) groups is 2. The van der Waals surface area contributed by atoms with Gasteiger partial charge >= 0.3 is 12.1 Å². The Kier molecular flexibility index (Phi) is 6.16. The fourth-order valence-corrected chi connectivity index (χ4v) is 4.10. The zero-order valence-electron chi connectivity index (χ0n) is 17.5. The summed E-state index contributed by atoms with van der Waals surface area (Å²) in [7, 11) is 0. The van der Waals surface area contributed by atoms with Crippen molar-refractivity contribution in [3.8, 4) is 5.75 Å². The number of nitrogens with one attached hydrogen (secondary N) is 1. The molecular formula is C24H18ClF4NO4. The molecular weight excluding hydrogens is 478 g/mol. The van der Waals surface area contributed by atoms with Crippen LogP contribution in [-0.4, -0.2) is 22.5 Å². The van der Waals surface area contributed by atoms with Crippen molar-refractivity contribution in [3.63, 3.8) is 0 Å². The van der Waals surface area contributed by atoms with Crippen LogP contribution in [0.15, 0.2) is 48.5 Å². The third-order valence-corrected chi connectivity index (χ3v) is 6.22. The van der Waals surface area contributed by atoms with E-state index in [1.807, 2.05) is 0 Å². The first-order chi connectivity index (χ1) is 16.0. The van der Waals surface area contributed by atoms with Gasteiger partial charge in [0.25, 0.3) is 5.91 Å². The Hall–Kier alpha value is -3.33. The van der Waals surface area contributed by atoms with Crippen LogP contribution in [0.2, 0.25) is 5.02 Å². The van der Waals surface area contributed by atoms with E-state index in [4.69, 9.17) is 16.3 Å². The second kappa shape index (κ2) is 8.79. The third-order valence-electron chi connectivity index (χ3n) is 5.91. The molecule has 4 rings (SSSR count). The predicted molar refractivity (Wildman–Crippen MR) is 116 cm³/mol. The molecule has 10 heteroatoms. The number of benzene rings is 3. The fourth-order valence-electron chi connectivity index (χ4n) is 3.83. The van der Waals surface area contributed by atoms with Gasteiger partial charge in [-0.1, -0.05) is 41.9 Å². The first-order valence-corrected chi connectivity index (χ1v) is 10.7. The Morgan fingerprint density at radius 2 is 1.76 bits per heavy atom. The number of carboxylic acids is 1. The van der Waals surface area contributed by atoms with Gasteiger partial charge in [0.2, 0.25) is 0 Å². The normalized spacial score (nSPS) is 15.0. The highest BCUT2D eigenvalue weighted by Gasteiger charge is 2.46. The Balaban J connectivity index is 1.70. The number of amides is 1. The largest absolute Gasteiger partial charge is 0.487 e. The molecule has 3 aromatic rings. The number of ether oxygens (including phenoxy) is 1. The number of hydrogen-bond donors (Lipinski definition) is 2. The average molecular weight is 496 g/mol. The minimum atomic E-state index is -4.69. The van der Waals surface area contributed by atoms with Gasteiger partial charge in [-0.05, 0) is 37.5 Å². The summed E-state index contributed by atoms with van der Waals surface area (Å²) in [4.78, 5) is 24.8. The first-order valence-electron chi connectivity index (χ1n) is 10.3. The summed E-state index contributed by atoms with van der Waals surface area (Å²) >= 11 is 6.34. The molecule has 0 aliphatic heterocycles. The van der Waals surface area contributed by atoms with E-state index in [2.05, 4.69) is 5.32 Å². The van der Waals surface area contributed by atoms with Crippen LogP contribution in [0.25, 0.3) is 10.8 Å². The number of rotatable bonds is 6. The standard InChI is InChI=1S/C24H18ClF4NO4/c25-18-11-17(21(31)30-23(22(32)33)8-3-9-23)20(16-5-2-1-4-15(16)18)34-12-13-6-7-14(10-19(13)26)24(27,28)29/h1-2,4-7,10-11H,3,8-9,12H2,(H,30,31)(H,32,33). The zero-order valence-corrected chi connectivity index (χ0v) is 18.3. The summed E-state index contributed by atoms with van der Waals surface area (Å²) in [6.45, 7) is -0.472. The molecule has 3 aromatic carbocycles. The van der Waals surface area contributed by atoms with E-state index < -0.39 is 41.6 Å². The maximum absolute atomic E-state index is 14.3. The SMILES string of the molecule is O=C(NC1(C(=O)O)CCC1)c1cc(Cl)c2ccccc2c1OCc1ccc(C(F)(F)F)cc1F. The van der Waals surface area contributed by atoms with Crippen molar-refractivity contribution in [2.45, 2.75) is 37.6 Å². The van der Waals surface area contributed by atoms with Gasteiger partial charge in [0.1, 0.15) is 23.7 Å². The van der Waals surface area contributed by atoms with Crippen molar-refractivity contribution in [1.82, 2.24) is 5.32 Å². The van der Waals surface area contributed by atoms with Crippen LogP contribution in [-0.2, 0) is 17.6 Å². The van der Waals surface area contributed by atoms with E-state index in [1.54, 1.807) is 24.3 Å². The van der Waals surface area contributed by atoms with Crippen LogP contribution in [0.1, 0.15) is 40.7 Å². The first kappa shape index (κ1) is 23.8. The molecule has 178 valence electrons. The molecule has 5 nitrogen and oxygen atoms in total. The molecule has 1 aliphatic carbocycles. The molecule has 0 saturated heterocycles. The molecule has 0 heterocycles. The van der Waals surface area contributed by atoms with Crippen LogP contribution >= 0.6 is 11.6 Å². The number of halogens is 5. The maximum Gasteiger partial charge on any atom is 0.416 e. The Bertz CT molecular complexity index is 1290. The van der Waals surface area contributed by atoms with E-state index in [-0.39, 0.29) is 34.7 Å². The summed E-state index contributed by atoms with van der Waals surface area (Å²) in [6, 6.07) is 10.1. The van der Waals surface area contributed by atoms with Gasteiger partial charge in [-0.25, -0.2) is 9.18 Å². The van der Waals surface area contributed by atoms with Gasteiger partial charge in [-0.2, -0.15) is 13.2 Å². The van der Waals surface area contributed by atoms with Crippen molar-refractivity contribution < 1.29 is 37.0 Å². The molecule has 0 bridgehead atoms. The van der Waals surface area contributed by atoms with Crippen molar-refractivity contribution in [3.05, 3.63) is 76.1 Å². The summed E-state index contributed by atoms with van der Waals surface area (Å²) in [5, 5.41) is 13.2. The van der Waals surface area contributed by atoms with Crippen LogP contribution in [0, 0.1) is 5.82 Å². The Morgan fingerprint density at radius 1 is 1.09 bits per heavy atom. The molecule has 1 saturated carbocycles. The summed E-state index contributed by atoms with van der Waals surface area (Å²) < 4.78 is 58.6. The van der Waals surface area contributed by atoms with Gasteiger partial charge in [-0.15, -0.1) is 0 Å². The van der Waals surface area contributed by atoms with E-state index in [1.165, 1.54) is 6.07 Å². The number of fused-ring (bicyclic) bond motifs is 1. The van der Waals surface area contributed by atoms with Crippen LogP contribution < -0.4 is 10.1 Å². The molecule has 0 atom stereocenters. The van der Waals surface area contributed by atoms with E-state index in [0.29, 0.717) is 23.3 Å². The van der Waals surface area contributed by atoms with Gasteiger partial charge in [-0.3, -0.25) is 4.79 Å². The lowest BCUT2D eigenvalue weighted by atomic mass is 9.76. The molecule has 0 radical (unpaired) electrons. The molecule has 1 fully saturated rings. The molecule has 0 unspecified atom stereocenters. The Morgan fingerprint density at radius 3 is 2.32 bits per heavy atom. The summed E-state index contributed by atoms with van der Waals surface area (Å²) in [6.07, 6.45) is -3.52. The molecule has 0 spiro atoms. The van der Waals surface area contributed by atoms with Crippen molar-refractivity contribution in [2.75, 3.05) is 0 Å². The topological polar surface area (TPSA) is 75.6 Å². The van der Waals surface area contributed by atoms with Gasteiger partial charge in [0.05, 0.1) is 11.1 Å². The fraction of sp³-hybridized carbons (Fsp3) is 0.250. The van der Waals surface area contributed by atoms with Crippen LogP contribution in [0.3, 0.4) is 0 Å². The number of aliphatic carboxylic acids is 1. The monoisotopic (exact) mass is 495 g/mol. The van der Waals surface area contributed by atoms with Gasteiger partial charge in [0, 0.05) is 21.4 Å². The highest BCUT2D eigenvalue weighted by atomic mass is 35.5. The number of carbonyl (C=O) groups excluding carboxylic acids is 1. The van der Waals surface area contributed by atoms with E-state index >= 15 is 0 Å².